The van der Waals surface area contributed by atoms with Crippen LogP contribution >= 0.6 is 0 Å². The molecule has 0 aliphatic heterocycles. The summed E-state index contributed by atoms with van der Waals surface area (Å²) in [6.07, 6.45) is 0. The van der Waals surface area contributed by atoms with Gasteiger partial charge in [0, 0.05) is 5.56 Å². The third kappa shape index (κ3) is 5.34. The molecular weight excluding hydrogens is 276 g/mol. The van der Waals surface area contributed by atoms with Crippen molar-refractivity contribution in [2.45, 2.75) is 33.0 Å². The summed E-state index contributed by atoms with van der Waals surface area (Å²) >= 11 is 0. The van der Waals surface area contributed by atoms with Crippen molar-refractivity contribution in [2.75, 3.05) is 6.61 Å². The first-order valence-corrected chi connectivity index (χ1v) is 7.38. The highest BCUT2D eigenvalue weighted by atomic mass is 16.5. The molecule has 116 valence electrons. The topological polar surface area (TPSA) is 35.5 Å². The second-order valence-electron chi connectivity index (χ2n) is 6.14. The van der Waals surface area contributed by atoms with Crippen LogP contribution < -0.4 is 4.74 Å². The number of hydrogen-bond acceptors (Lipinski definition) is 3. The van der Waals surface area contributed by atoms with Crippen LogP contribution in [0.4, 0.5) is 0 Å². The molecule has 2 aromatic carbocycles. The first-order chi connectivity index (χ1) is 10.4. The largest absolute Gasteiger partial charge is 0.488 e. The molecule has 0 saturated carbocycles. The van der Waals surface area contributed by atoms with Crippen molar-refractivity contribution in [1.29, 1.82) is 0 Å². The summed E-state index contributed by atoms with van der Waals surface area (Å²) in [6.45, 7) is 6.49. The quantitative estimate of drug-likeness (QED) is 0.747. The molecule has 0 N–H and O–H groups in total. The lowest BCUT2D eigenvalue weighted by atomic mass is 10.1. The van der Waals surface area contributed by atoms with Crippen LogP contribution in [0.25, 0.3) is 0 Å². The van der Waals surface area contributed by atoms with E-state index in [4.69, 9.17) is 9.47 Å². The van der Waals surface area contributed by atoms with Crippen LogP contribution in [0.1, 0.15) is 36.7 Å². The van der Waals surface area contributed by atoms with E-state index in [1.807, 2.05) is 63.2 Å². The van der Waals surface area contributed by atoms with Gasteiger partial charge in [0.05, 0.1) is 6.61 Å². The van der Waals surface area contributed by atoms with Gasteiger partial charge in [0.2, 0.25) is 0 Å². The van der Waals surface area contributed by atoms with Crippen LogP contribution in [0.3, 0.4) is 0 Å². The number of hydrogen-bond donors (Lipinski definition) is 0. The minimum Gasteiger partial charge on any atom is -0.488 e. The average molecular weight is 298 g/mol. The van der Waals surface area contributed by atoms with Crippen LogP contribution in [-0.4, -0.2) is 18.0 Å². The van der Waals surface area contributed by atoms with Gasteiger partial charge < -0.3 is 9.47 Å². The van der Waals surface area contributed by atoms with Crippen LogP contribution in [0.2, 0.25) is 0 Å². The normalized spacial score (nSPS) is 11.2. The van der Waals surface area contributed by atoms with Crippen molar-refractivity contribution in [1.82, 2.24) is 0 Å². The molecule has 0 saturated heterocycles. The summed E-state index contributed by atoms with van der Waals surface area (Å²) in [4.78, 5) is 12.1. The number of benzene rings is 2. The molecule has 0 aliphatic carbocycles. The zero-order valence-corrected chi connectivity index (χ0v) is 13.3. The first kappa shape index (κ1) is 16.2. The Labute approximate surface area is 131 Å². The van der Waals surface area contributed by atoms with Crippen LogP contribution in [0.5, 0.6) is 5.75 Å². The molecule has 22 heavy (non-hydrogen) atoms. The monoisotopic (exact) mass is 298 g/mol. The van der Waals surface area contributed by atoms with Gasteiger partial charge in [-0.25, -0.2) is 0 Å². The van der Waals surface area contributed by atoms with E-state index in [0.29, 0.717) is 12.2 Å². The van der Waals surface area contributed by atoms with Crippen molar-refractivity contribution in [3.8, 4) is 5.75 Å². The van der Waals surface area contributed by atoms with Gasteiger partial charge in [-0.05, 0) is 50.6 Å². The maximum atomic E-state index is 12.1. The van der Waals surface area contributed by atoms with Gasteiger partial charge in [0.15, 0.2) is 5.78 Å². The van der Waals surface area contributed by atoms with Crippen molar-refractivity contribution < 1.29 is 14.3 Å². The number of rotatable bonds is 6. The van der Waals surface area contributed by atoms with Gasteiger partial charge in [-0.2, -0.15) is 0 Å². The maximum Gasteiger partial charge on any atom is 0.188 e. The standard InChI is InChI=1S/C19H22O3/c1-19(2,3)22-17-11-9-16(10-12-17)18(20)14-21-13-15-7-5-4-6-8-15/h4-12H,13-14H2,1-3H3. The molecule has 0 aromatic heterocycles. The van der Waals surface area contributed by atoms with Gasteiger partial charge in [-0.1, -0.05) is 30.3 Å². The summed E-state index contributed by atoms with van der Waals surface area (Å²) in [6, 6.07) is 17.0. The lowest BCUT2D eigenvalue weighted by Gasteiger charge is -2.21. The fourth-order valence-corrected chi connectivity index (χ4v) is 1.98. The summed E-state index contributed by atoms with van der Waals surface area (Å²) in [5.74, 6) is 0.729. The summed E-state index contributed by atoms with van der Waals surface area (Å²) in [5, 5.41) is 0. The van der Waals surface area contributed by atoms with Crippen molar-refractivity contribution in [3.63, 3.8) is 0 Å². The third-order valence-corrected chi connectivity index (χ3v) is 2.95. The van der Waals surface area contributed by atoms with E-state index in [2.05, 4.69) is 0 Å². The molecule has 0 amide bonds. The summed E-state index contributed by atoms with van der Waals surface area (Å²) in [5.41, 5.74) is 1.45. The second kappa shape index (κ2) is 7.23. The van der Waals surface area contributed by atoms with Gasteiger partial charge in [-0.3, -0.25) is 4.79 Å². The van der Waals surface area contributed by atoms with E-state index in [0.717, 1.165) is 11.3 Å². The lowest BCUT2D eigenvalue weighted by molar-refractivity contribution is 0.0726. The molecule has 0 spiro atoms. The Morgan fingerprint density at radius 3 is 2.18 bits per heavy atom. The molecule has 2 aromatic rings. The molecule has 0 unspecified atom stereocenters. The molecule has 0 radical (unpaired) electrons. The van der Waals surface area contributed by atoms with E-state index in [9.17, 15) is 4.79 Å². The number of ketones is 1. The van der Waals surface area contributed by atoms with Crippen LogP contribution in [-0.2, 0) is 11.3 Å². The highest BCUT2D eigenvalue weighted by molar-refractivity contribution is 5.97. The minimum atomic E-state index is -0.246. The Morgan fingerprint density at radius 2 is 1.59 bits per heavy atom. The Bertz CT molecular complexity index is 595. The summed E-state index contributed by atoms with van der Waals surface area (Å²) < 4.78 is 11.2. The maximum absolute atomic E-state index is 12.1. The fourth-order valence-electron chi connectivity index (χ4n) is 1.98. The molecular formula is C19H22O3. The predicted octanol–water partition coefficient (Wildman–Crippen LogP) is 4.26. The third-order valence-electron chi connectivity index (χ3n) is 2.95. The van der Waals surface area contributed by atoms with Gasteiger partial charge in [0.25, 0.3) is 0 Å². The lowest BCUT2D eigenvalue weighted by Crippen LogP contribution is -2.22. The molecule has 0 bridgehead atoms. The highest BCUT2D eigenvalue weighted by Crippen LogP contribution is 2.18. The van der Waals surface area contributed by atoms with E-state index < -0.39 is 0 Å². The van der Waals surface area contributed by atoms with Gasteiger partial charge >= 0.3 is 0 Å². The van der Waals surface area contributed by atoms with E-state index >= 15 is 0 Å². The predicted molar refractivity (Wildman–Crippen MR) is 87.3 cm³/mol. The first-order valence-electron chi connectivity index (χ1n) is 7.38. The molecule has 0 fully saturated rings. The molecule has 2 rings (SSSR count). The van der Waals surface area contributed by atoms with E-state index in [-0.39, 0.29) is 18.0 Å². The molecule has 3 heteroatoms. The van der Waals surface area contributed by atoms with Crippen molar-refractivity contribution in [3.05, 3.63) is 65.7 Å². The Morgan fingerprint density at radius 1 is 0.955 bits per heavy atom. The number of carbonyl (C=O) groups is 1. The zero-order chi connectivity index (χ0) is 16.0. The van der Waals surface area contributed by atoms with Crippen molar-refractivity contribution in [2.24, 2.45) is 0 Å². The molecule has 0 heterocycles. The Balaban J connectivity index is 1.85. The summed E-state index contributed by atoms with van der Waals surface area (Å²) in [7, 11) is 0. The zero-order valence-electron chi connectivity index (χ0n) is 13.3. The van der Waals surface area contributed by atoms with E-state index in [1.54, 1.807) is 12.1 Å². The average Bonchev–Trinajstić information content (AvgIpc) is 2.47. The molecule has 3 nitrogen and oxygen atoms in total. The number of carbonyl (C=O) groups excluding carboxylic acids is 1. The number of Topliss-reactive ketones (excluding diaryl/α,β-unsaturated/α-hetero) is 1. The Hall–Kier alpha value is -2.13. The van der Waals surface area contributed by atoms with Crippen molar-refractivity contribution >= 4 is 5.78 Å². The van der Waals surface area contributed by atoms with E-state index in [1.165, 1.54) is 0 Å². The Kier molecular flexibility index (Phi) is 5.34. The van der Waals surface area contributed by atoms with Gasteiger partial charge in [0.1, 0.15) is 18.0 Å². The second-order valence-corrected chi connectivity index (χ2v) is 6.14. The minimum absolute atomic E-state index is 0.0294. The van der Waals surface area contributed by atoms with Crippen LogP contribution in [0, 0.1) is 0 Å². The van der Waals surface area contributed by atoms with Crippen LogP contribution in [0.15, 0.2) is 54.6 Å². The molecule has 0 atom stereocenters. The van der Waals surface area contributed by atoms with Gasteiger partial charge in [-0.15, -0.1) is 0 Å². The number of ether oxygens (including phenoxy) is 2. The highest BCUT2D eigenvalue weighted by Gasteiger charge is 2.12. The fraction of sp³-hybridized carbons (Fsp3) is 0.316. The molecule has 0 aliphatic rings. The smallest absolute Gasteiger partial charge is 0.188 e. The SMILES string of the molecule is CC(C)(C)Oc1ccc(C(=O)COCc2ccccc2)cc1.